The third-order valence-electron chi connectivity index (χ3n) is 11.5. The van der Waals surface area contributed by atoms with Crippen LogP contribution in [0.2, 0.25) is 0 Å². The van der Waals surface area contributed by atoms with Gasteiger partial charge in [0.1, 0.15) is 5.75 Å². The molecular weight excluding hydrogens is 667 g/mol. The fourth-order valence-corrected chi connectivity index (χ4v) is 9.24. The smallest absolute Gasteiger partial charge is 0.156 e. The molecule has 0 radical (unpaired) electrons. The van der Waals surface area contributed by atoms with Crippen LogP contribution < -0.4 is 9.64 Å². The van der Waals surface area contributed by atoms with E-state index < -0.39 is 5.41 Å². The highest BCUT2D eigenvalue weighted by molar-refractivity contribution is 5.99. The molecule has 1 aliphatic carbocycles. The van der Waals surface area contributed by atoms with E-state index in [1.807, 2.05) is 0 Å². The van der Waals surface area contributed by atoms with E-state index >= 15 is 0 Å². The molecule has 55 heavy (non-hydrogen) atoms. The highest BCUT2D eigenvalue weighted by atomic mass is 16.5. The lowest BCUT2D eigenvalue weighted by Gasteiger charge is -2.42. The predicted molar refractivity (Wildman–Crippen MR) is 227 cm³/mol. The monoisotopic (exact) mass is 701 g/mol. The standard InChI is InChI=1S/C53H35NO/c1-3-16-36(17-4-1)37-30-33-40(34-31-37)54(48-28-14-11-21-41(48)38-18-5-2-6-19-38)49-29-15-27-47-52(49)55-50-35-32-39-20-7-8-22-42(39)51(50)53(47)45-25-12-9-23-43(45)44-24-10-13-26-46(44)53/h1-35H. The van der Waals surface area contributed by atoms with Crippen LogP contribution in [0.1, 0.15) is 22.3 Å². The number of nitrogens with zero attached hydrogens (tertiary/aromatic N) is 1. The van der Waals surface area contributed by atoms with Crippen LogP contribution in [0.25, 0.3) is 44.2 Å². The first kappa shape index (κ1) is 31.4. The summed E-state index contributed by atoms with van der Waals surface area (Å²) in [6.07, 6.45) is 0. The van der Waals surface area contributed by atoms with Gasteiger partial charge in [0.2, 0.25) is 0 Å². The maximum absolute atomic E-state index is 7.35. The lowest BCUT2D eigenvalue weighted by molar-refractivity contribution is 0.439. The van der Waals surface area contributed by atoms with Gasteiger partial charge in [0.05, 0.1) is 16.8 Å². The van der Waals surface area contributed by atoms with E-state index in [0.717, 1.165) is 45.3 Å². The van der Waals surface area contributed by atoms with Crippen LogP contribution in [0.5, 0.6) is 11.5 Å². The first-order chi connectivity index (χ1) is 27.3. The van der Waals surface area contributed by atoms with Crippen molar-refractivity contribution in [2.75, 3.05) is 4.90 Å². The van der Waals surface area contributed by atoms with Crippen LogP contribution in [0.15, 0.2) is 212 Å². The first-order valence-corrected chi connectivity index (χ1v) is 18.9. The topological polar surface area (TPSA) is 12.5 Å². The summed E-state index contributed by atoms with van der Waals surface area (Å²) in [7, 11) is 0. The Morgan fingerprint density at radius 3 is 1.64 bits per heavy atom. The Kier molecular flexibility index (Phi) is 7.11. The number of hydrogen-bond donors (Lipinski definition) is 0. The van der Waals surface area contributed by atoms with Gasteiger partial charge in [0.15, 0.2) is 5.75 Å². The second kappa shape index (κ2) is 12.5. The molecule has 0 N–H and O–H groups in total. The summed E-state index contributed by atoms with van der Waals surface area (Å²) in [6.45, 7) is 0. The molecule has 9 aromatic carbocycles. The summed E-state index contributed by atoms with van der Waals surface area (Å²) in [5.74, 6) is 1.73. The molecule has 11 rings (SSSR count). The van der Waals surface area contributed by atoms with Gasteiger partial charge in [-0.2, -0.15) is 0 Å². The second-order valence-electron chi connectivity index (χ2n) is 14.4. The molecular formula is C53H35NO. The van der Waals surface area contributed by atoms with Crippen molar-refractivity contribution in [3.8, 4) is 44.9 Å². The van der Waals surface area contributed by atoms with Crippen molar-refractivity contribution in [3.05, 3.63) is 235 Å². The number of ether oxygens (including phenoxy) is 1. The van der Waals surface area contributed by atoms with E-state index in [9.17, 15) is 0 Å². The van der Waals surface area contributed by atoms with Gasteiger partial charge in [0.25, 0.3) is 0 Å². The highest BCUT2D eigenvalue weighted by Crippen LogP contribution is 2.65. The molecule has 0 saturated carbocycles. The molecule has 258 valence electrons. The van der Waals surface area contributed by atoms with E-state index in [4.69, 9.17) is 4.74 Å². The van der Waals surface area contributed by atoms with Crippen LogP contribution in [-0.4, -0.2) is 0 Å². The summed E-state index contributed by atoms with van der Waals surface area (Å²) < 4.78 is 7.35. The average Bonchev–Trinajstić information content (AvgIpc) is 3.55. The van der Waals surface area contributed by atoms with Gasteiger partial charge >= 0.3 is 0 Å². The van der Waals surface area contributed by atoms with Gasteiger partial charge in [-0.15, -0.1) is 0 Å². The fourth-order valence-electron chi connectivity index (χ4n) is 9.24. The minimum Gasteiger partial charge on any atom is -0.454 e. The van der Waals surface area contributed by atoms with Gasteiger partial charge in [-0.3, -0.25) is 0 Å². The number of fused-ring (bicyclic) bond motifs is 11. The van der Waals surface area contributed by atoms with Crippen LogP contribution in [-0.2, 0) is 5.41 Å². The zero-order chi connectivity index (χ0) is 36.3. The number of benzene rings is 9. The Balaban J connectivity index is 1.22. The van der Waals surface area contributed by atoms with Crippen molar-refractivity contribution in [3.63, 3.8) is 0 Å². The number of hydrogen-bond acceptors (Lipinski definition) is 2. The quantitative estimate of drug-likeness (QED) is 0.177. The molecule has 0 fully saturated rings. The summed E-state index contributed by atoms with van der Waals surface area (Å²) in [5.41, 5.74) is 14.5. The van der Waals surface area contributed by atoms with Crippen molar-refractivity contribution in [2.24, 2.45) is 0 Å². The van der Waals surface area contributed by atoms with Crippen LogP contribution >= 0.6 is 0 Å². The van der Waals surface area contributed by atoms with Crippen LogP contribution in [0.3, 0.4) is 0 Å². The molecule has 0 unspecified atom stereocenters. The molecule has 1 aliphatic heterocycles. The Morgan fingerprint density at radius 1 is 0.364 bits per heavy atom. The molecule has 1 heterocycles. The molecule has 0 bridgehead atoms. The van der Waals surface area contributed by atoms with Crippen molar-refractivity contribution in [2.45, 2.75) is 5.41 Å². The van der Waals surface area contributed by atoms with E-state index in [1.54, 1.807) is 0 Å². The highest BCUT2D eigenvalue weighted by Gasteiger charge is 2.52. The number of para-hydroxylation sites is 2. The summed E-state index contributed by atoms with van der Waals surface area (Å²) in [5, 5.41) is 2.40. The Labute approximate surface area is 321 Å². The first-order valence-electron chi connectivity index (χ1n) is 18.9. The van der Waals surface area contributed by atoms with E-state index in [2.05, 4.69) is 217 Å². The van der Waals surface area contributed by atoms with Gasteiger partial charge in [-0.25, -0.2) is 0 Å². The van der Waals surface area contributed by atoms with E-state index in [0.29, 0.717) is 0 Å². The molecule has 0 aromatic heterocycles. The van der Waals surface area contributed by atoms with Crippen molar-refractivity contribution < 1.29 is 4.74 Å². The fraction of sp³-hybridized carbons (Fsp3) is 0.0189. The Hall–Kier alpha value is -7.16. The largest absolute Gasteiger partial charge is 0.454 e. The molecule has 0 saturated heterocycles. The third kappa shape index (κ3) is 4.68. The maximum atomic E-state index is 7.35. The van der Waals surface area contributed by atoms with E-state index in [-0.39, 0.29) is 0 Å². The van der Waals surface area contributed by atoms with Gasteiger partial charge < -0.3 is 9.64 Å². The lowest BCUT2D eigenvalue weighted by Crippen LogP contribution is -2.33. The average molecular weight is 702 g/mol. The minimum absolute atomic E-state index is 0.616. The molecule has 2 heteroatoms. The van der Waals surface area contributed by atoms with Crippen LogP contribution in [0, 0.1) is 0 Å². The van der Waals surface area contributed by atoms with Gasteiger partial charge in [-0.05, 0) is 80.0 Å². The molecule has 1 spiro atoms. The predicted octanol–water partition coefficient (Wildman–Crippen LogP) is 14.1. The third-order valence-corrected chi connectivity index (χ3v) is 11.5. The molecule has 2 nitrogen and oxygen atoms in total. The number of anilines is 3. The molecule has 0 atom stereocenters. The van der Waals surface area contributed by atoms with Crippen molar-refractivity contribution in [1.82, 2.24) is 0 Å². The second-order valence-corrected chi connectivity index (χ2v) is 14.4. The number of rotatable bonds is 5. The minimum atomic E-state index is -0.616. The van der Waals surface area contributed by atoms with E-state index in [1.165, 1.54) is 49.7 Å². The van der Waals surface area contributed by atoms with Crippen LogP contribution in [0.4, 0.5) is 17.1 Å². The van der Waals surface area contributed by atoms with Gasteiger partial charge in [-0.1, -0.05) is 182 Å². The summed E-state index contributed by atoms with van der Waals surface area (Å²) >= 11 is 0. The Morgan fingerprint density at radius 2 is 0.909 bits per heavy atom. The van der Waals surface area contributed by atoms with Crippen molar-refractivity contribution in [1.29, 1.82) is 0 Å². The summed E-state index contributed by atoms with van der Waals surface area (Å²) in [6, 6.07) is 76.7. The molecule has 0 amide bonds. The lowest BCUT2D eigenvalue weighted by atomic mass is 9.65. The Bertz CT molecular complexity index is 2850. The molecule has 2 aliphatic rings. The van der Waals surface area contributed by atoms with Gasteiger partial charge in [0, 0.05) is 22.4 Å². The molecule has 9 aromatic rings. The SMILES string of the molecule is c1ccc(-c2ccc(N(c3ccccc3-c3ccccc3)c3cccc4c3Oc3ccc5ccccc5c3C43c4ccccc4-c4ccccc43)cc2)cc1. The maximum Gasteiger partial charge on any atom is 0.156 e. The zero-order valence-corrected chi connectivity index (χ0v) is 30.1. The summed E-state index contributed by atoms with van der Waals surface area (Å²) in [4.78, 5) is 2.39. The zero-order valence-electron chi connectivity index (χ0n) is 30.1. The normalized spacial score (nSPS) is 13.0. The van der Waals surface area contributed by atoms with Crippen molar-refractivity contribution >= 4 is 27.8 Å².